The van der Waals surface area contributed by atoms with Gasteiger partial charge in [0.25, 0.3) is 0 Å². The summed E-state index contributed by atoms with van der Waals surface area (Å²) >= 11 is 0. The molecule has 2 fully saturated rings. The van der Waals surface area contributed by atoms with E-state index in [9.17, 15) is 9.59 Å². The highest BCUT2D eigenvalue weighted by atomic mass is 16.5. The van der Waals surface area contributed by atoms with E-state index in [1.54, 1.807) is 0 Å². The van der Waals surface area contributed by atoms with Gasteiger partial charge in [-0.15, -0.1) is 0 Å². The van der Waals surface area contributed by atoms with Crippen LogP contribution >= 0.6 is 0 Å². The van der Waals surface area contributed by atoms with Gasteiger partial charge in [0.15, 0.2) is 0 Å². The molecule has 0 aromatic heterocycles. The van der Waals surface area contributed by atoms with Crippen LogP contribution in [0.3, 0.4) is 0 Å². The van der Waals surface area contributed by atoms with E-state index in [0.29, 0.717) is 17.4 Å². The Balaban J connectivity index is 1.98. The monoisotopic (exact) mass is 321 g/mol. The number of aldehydes is 1. The summed E-state index contributed by atoms with van der Waals surface area (Å²) in [6, 6.07) is -0.211. The van der Waals surface area contributed by atoms with E-state index >= 15 is 0 Å². The van der Waals surface area contributed by atoms with Crippen molar-refractivity contribution >= 4 is 12.2 Å². The van der Waals surface area contributed by atoms with E-state index in [-0.39, 0.29) is 29.9 Å². The molecule has 1 saturated carbocycles. The van der Waals surface area contributed by atoms with Crippen molar-refractivity contribution in [1.82, 2.24) is 5.32 Å². The lowest BCUT2D eigenvalue weighted by Gasteiger charge is -2.38. The number of carbonyl (C=O) groups excluding carboxylic acids is 2. The molecule has 4 nitrogen and oxygen atoms in total. The Kier molecular flexibility index (Phi) is 6.40. The predicted octanol–water partition coefficient (Wildman–Crippen LogP) is 3.11. The standard InChI is InChI=1S/C19H31NO3/c1-5-18-16(8-12(2)11-23-18)14(4)19(22)20-17(13(3)10-21)9-15-6-7-15/h10,12,14-18H,3,5-9,11H2,1-2,4H3,(H,20,22)/t12?,14?,16-,17?,18+/m1/s1. The minimum atomic E-state index is -0.211. The van der Waals surface area contributed by atoms with Gasteiger partial charge in [-0.05, 0) is 37.0 Å². The van der Waals surface area contributed by atoms with Crippen molar-refractivity contribution in [1.29, 1.82) is 0 Å². The van der Waals surface area contributed by atoms with E-state index in [1.165, 1.54) is 12.8 Å². The number of amides is 1. The molecule has 0 aromatic carbocycles. The van der Waals surface area contributed by atoms with Gasteiger partial charge in [0.05, 0.1) is 12.1 Å². The molecule has 4 heteroatoms. The van der Waals surface area contributed by atoms with Crippen LogP contribution in [0.4, 0.5) is 0 Å². The largest absolute Gasteiger partial charge is 0.378 e. The number of hydrogen-bond acceptors (Lipinski definition) is 3. The summed E-state index contributed by atoms with van der Waals surface area (Å²) in [5.74, 6) is 1.29. The molecule has 5 atom stereocenters. The maximum Gasteiger partial charge on any atom is 0.223 e. The summed E-state index contributed by atoms with van der Waals surface area (Å²) in [5.41, 5.74) is 0.484. The molecule has 0 spiro atoms. The zero-order valence-corrected chi connectivity index (χ0v) is 14.7. The first-order chi connectivity index (χ1) is 11.0. The normalized spacial score (nSPS) is 30.3. The van der Waals surface area contributed by atoms with Gasteiger partial charge in [-0.3, -0.25) is 9.59 Å². The summed E-state index contributed by atoms with van der Waals surface area (Å²) in [5, 5.41) is 3.07. The van der Waals surface area contributed by atoms with Crippen molar-refractivity contribution in [2.45, 2.75) is 65.0 Å². The lowest BCUT2D eigenvalue weighted by Crippen LogP contribution is -2.46. The molecular weight excluding hydrogens is 290 g/mol. The van der Waals surface area contributed by atoms with Crippen LogP contribution in [-0.4, -0.2) is 30.9 Å². The van der Waals surface area contributed by atoms with Crippen molar-refractivity contribution in [2.75, 3.05) is 6.61 Å². The van der Waals surface area contributed by atoms with Gasteiger partial charge in [0.1, 0.15) is 6.29 Å². The second-order valence-electron chi connectivity index (χ2n) is 7.51. The summed E-state index contributed by atoms with van der Waals surface area (Å²) in [6.45, 7) is 10.9. The zero-order chi connectivity index (χ0) is 17.0. The lowest BCUT2D eigenvalue weighted by atomic mass is 9.78. The van der Waals surface area contributed by atoms with Gasteiger partial charge in [-0.2, -0.15) is 0 Å². The minimum Gasteiger partial charge on any atom is -0.378 e. The molecule has 1 heterocycles. The highest BCUT2D eigenvalue weighted by Crippen LogP contribution is 2.35. The summed E-state index contributed by atoms with van der Waals surface area (Å²) in [6.07, 6.45) is 6.11. The van der Waals surface area contributed by atoms with Gasteiger partial charge in [-0.1, -0.05) is 40.2 Å². The number of hydrogen-bond donors (Lipinski definition) is 1. The van der Waals surface area contributed by atoms with E-state index < -0.39 is 0 Å². The molecule has 1 aliphatic carbocycles. The maximum atomic E-state index is 12.7. The molecule has 130 valence electrons. The number of rotatable bonds is 8. The van der Waals surface area contributed by atoms with Gasteiger partial charge in [0, 0.05) is 18.1 Å². The van der Waals surface area contributed by atoms with Crippen LogP contribution in [0.5, 0.6) is 0 Å². The molecule has 23 heavy (non-hydrogen) atoms. The highest BCUT2D eigenvalue weighted by molar-refractivity contribution is 5.82. The van der Waals surface area contributed by atoms with Crippen LogP contribution in [0.15, 0.2) is 12.2 Å². The van der Waals surface area contributed by atoms with E-state index in [2.05, 4.69) is 25.7 Å². The molecule has 2 aliphatic rings. The van der Waals surface area contributed by atoms with E-state index in [1.807, 2.05) is 6.92 Å². The fourth-order valence-electron chi connectivity index (χ4n) is 3.61. The molecule has 3 unspecified atom stereocenters. The van der Waals surface area contributed by atoms with Gasteiger partial charge in [0.2, 0.25) is 5.91 Å². The Bertz CT molecular complexity index is 444. The average molecular weight is 321 g/mol. The predicted molar refractivity (Wildman–Crippen MR) is 90.9 cm³/mol. The lowest BCUT2D eigenvalue weighted by molar-refractivity contribution is -0.133. The van der Waals surface area contributed by atoms with Crippen molar-refractivity contribution in [3.63, 3.8) is 0 Å². The second-order valence-corrected chi connectivity index (χ2v) is 7.51. The minimum absolute atomic E-state index is 0.0276. The van der Waals surface area contributed by atoms with Crippen LogP contribution in [0.1, 0.15) is 52.9 Å². The van der Waals surface area contributed by atoms with E-state index in [4.69, 9.17) is 4.74 Å². The molecule has 1 saturated heterocycles. The quantitative estimate of drug-likeness (QED) is 0.552. The fourth-order valence-corrected chi connectivity index (χ4v) is 3.61. The van der Waals surface area contributed by atoms with Crippen LogP contribution in [0, 0.1) is 23.7 Å². The number of nitrogens with one attached hydrogen (secondary N) is 1. The Morgan fingerprint density at radius 1 is 1.43 bits per heavy atom. The topological polar surface area (TPSA) is 55.4 Å². The molecule has 1 amide bonds. The van der Waals surface area contributed by atoms with Gasteiger partial charge < -0.3 is 10.1 Å². The molecule has 0 aromatic rings. The summed E-state index contributed by atoms with van der Waals surface area (Å²) in [7, 11) is 0. The van der Waals surface area contributed by atoms with Crippen molar-refractivity contribution < 1.29 is 14.3 Å². The van der Waals surface area contributed by atoms with Crippen LogP contribution in [0.2, 0.25) is 0 Å². The third-order valence-corrected chi connectivity index (χ3v) is 5.39. The van der Waals surface area contributed by atoms with Crippen molar-refractivity contribution in [3.8, 4) is 0 Å². The number of carbonyl (C=O) groups is 2. The molecular formula is C19H31NO3. The van der Waals surface area contributed by atoms with Crippen molar-refractivity contribution in [3.05, 3.63) is 12.2 Å². The third kappa shape index (κ3) is 4.90. The van der Waals surface area contributed by atoms with E-state index in [0.717, 1.165) is 32.2 Å². The first kappa shape index (κ1) is 18.2. The van der Waals surface area contributed by atoms with Crippen molar-refractivity contribution in [2.24, 2.45) is 23.7 Å². The Labute approximate surface area is 140 Å². The smallest absolute Gasteiger partial charge is 0.223 e. The maximum absolute atomic E-state index is 12.7. The fraction of sp³-hybridized carbons (Fsp3) is 0.789. The first-order valence-corrected chi connectivity index (χ1v) is 9.02. The summed E-state index contributed by atoms with van der Waals surface area (Å²) < 4.78 is 5.92. The molecule has 1 N–H and O–H groups in total. The van der Waals surface area contributed by atoms with Gasteiger partial charge in [-0.25, -0.2) is 0 Å². The molecule has 0 bridgehead atoms. The molecule has 2 rings (SSSR count). The Hall–Kier alpha value is -1.16. The molecule has 0 radical (unpaired) electrons. The van der Waals surface area contributed by atoms with Crippen LogP contribution in [0.25, 0.3) is 0 Å². The van der Waals surface area contributed by atoms with Crippen LogP contribution in [-0.2, 0) is 14.3 Å². The SMILES string of the molecule is C=C(C=O)C(CC1CC1)NC(=O)C(C)[C@H]1CC(C)CO[C@H]1CC. The first-order valence-electron chi connectivity index (χ1n) is 9.02. The van der Waals surface area contributed by atoms with Crippen LogP contribution < -0.4 is 5.32 Å². The third-order valence-electron chi connectivity index (χ3n) is 5.39. The Morgan fingerprint density at radius 2 is 2.13 bits per heavy atom. The Morgan fingerprint density at radius 3 is 2.70 bits per heavy atom. The highest BCUT2D eigenvalue weighted by Gasteiger charge is 2.36. The number of ether oxygens (including phenoxy) is 1. The summed E-state index contributed by atoms with van der Waals surface area (Å²) in [4.78, 5) is 23.8. The average Bonchev–Trinajstić information content (AvgIpc) is 3.36. The molecule has 1 aliphatic heterocycles. The van der Waals surface area contributed by atoms with Gasteiger partial charge >= 0.3 is 0 Å². The zero-order valence-electron chi connectivity index (χ0n) is 14.7. The second kappa shape index (κ2) is 8.09.